The number of ether oxygens (including phenoxy) is 1. The molecule has 1 rings (SSSR count). The van der Waals surface area contributed by atoms with Crippen LogP contribution in [0.1, 0.15) is 34.1 Å². The topological polar surface area (TPSA) is 75.9 Å². The van der Waals surface area contributed by atoms with Gasteiger partial charge in [0.1, 0.15) is 5.60 Å². The number of amides is 2. The molecule has 0 aromatic rings. The first kappa shape index (κ1) is 16.8. The Morgan fingerprint density at radius 2 is 2.05 bits per heavy atom. The molecular weight excluding hydrogens is 258 g/mol. The van der Waals surface area contributed by atoms with Gasteiger partial charge in [-0.15, -0.1) is 0 Å². The number of rotatable bonds is 4. The predicted molar refractivity (Wildman–Crippen MR) is 77.2 cm³/mol. The van der Waals surface area contributed by atoms with E-state index < -0.39 is 5.60 Å². The SMILES string of the molecule is CCN(C[C@H]1CCN(C(=O)CN)C1)C(=O)OC(C)(C)C. The Kier molecular flexibility index (Phi) is 5.80. The summed E-state index contributed by atoms with van der Waals surface area (Å²) in [5.74, 6) is 0.283. The van der Waals surface area contributed by atoms with Crippen molar-refractivity contribution >= 4 is 12.0 Å². The Hall–Kier alpha value is -1.30. The summed E-state index contributed by atoms with van der Waals surface area (Å²) in [5, 5.41) is 0. The summed E-state index contributed by atoms with van der Waals surface area (Å²) in [6.07, 6.45) is 0.619. The van der Waals surface area contributed by atoms with Crippen LogP contribution < -0.4 is 5.73 Å². The van der Waals surface area contributed by atoms with E-state index in [2.05, 4.69) is 0 Å². The Balaban J connectivity index is 2.49. The molecule has 0 radical (unpaired) electrons. The number of hydrogen-bond acceptors (Lipinski definition) is 4. The molecule has 0 aliphatic carbocycles. The van der Waals surface area contributed by atoms with Crippen LogP contribution in [-0.2, 0) is 9.53 Å². The van der Waals surface area contributed by atoms with Crippen molar-refractivity contribution < 1.29 is 14.3 Å². The van der Waals surface area contributed by atoms with E-state index in [1.165, 1.54) is 0 Å². The summed E-state index contributed by atoms with van der Waals surface area (Å²) in [6.45, 7) is 10.2. The van der Waals surface area contributed by atoms with Crippen LogP contribution in [0.25, 0.3) is 0 Å². The fourth-order valence-corrected chi connectivity index (χ4v) is 2.31. The van der Waals surface area contributed by atoms with Crippen molar-refractivity contribution in [3.8, 4) is 0 Å². The summed E-state index contributed by atoms with van der Waals surface area (Å²) in [6, 6.07) is 0. The minimum Gasteiger partial charge on any atom is -0.444 e. The van der Waals surface area contributed by atoms with Gasteiger partial charge in [0.2, 0.25) is 5.91 Å². The zero-order valence-electron chi connectivity index (χ0n) is 13.0. The summed E-state index contributed by atoms with van der Waals surface area (Å²) in [4.78, 5) is 27.1. The van der Waals surface area contributed by atoms with E-state index in [-0.39, 0.29) is 18.5 Å². The van der Waals surface area contributed by atoms with E-state index in [1.54, 1.807) is 9.80 Å². The molecule has 0 unspecified atom stereocenters. The van der Waals surface area contributed by atoms with Crippen LogP contribution in [-0.4, -0.2) is 60.1 Å². The van der Waals surface area contributed by atoms with Crippen molar-refractivity contribution in [3.63, 3.8) is 0 Å². The lowest BCUT2D eigenvalue weighted by Crippen LogP contribution is -2.40. The van der Waals surface area contributed by atoms with Gasteiger partial charge in [-0.3, -0.25) is 4.79 Å². The second kappa shape index (κ2) is 6.92. The maximum Gasteiger partial charge on any atom is 0.410 e. The molecule has 0 spiro atoms. The lowest BCUT2D eigenvalue weighted by atomic mass is 10.1. The van der Waals surface area contributed by atoms with Gasteiger partial charge in [-0.05, 0) is 40.0 Å². The molecule has 0 aromatic heterocycles. The maximum absolute atomic E-state index is 12.1. The van der Waals surface area contributed by atoms with Crippen molar-refractivity contribution in [1.82, 2.24) is 9.80 Å². The van der Waals surface area contributed by atoms with Gasteiger partial charge < -0.3 is 20.3 Å². The number of likely N-dealkylation sites (tertiary alicyclic amines) is 1. The fraction of sp³-hybridized carbons (Fsp3) is 0.857. The summed E-state index contributed by atoms with van der Waals surface area (Å²) in [7, 11) is 0. The molecule has 6 nitrogen and oxygen atoms in total. The Morgan fingerprint density at radius 3 is 2.55 bits per heavy atom. The third-order valence-electron chi connectivity index (χ3n) is 3.33. The molecule has 2 amide bonds. The van der Waals surface area contributed by atoms with Crippen molar-refractivity contribution in [2.24, 2.45) is 11.7 Å². The highest BCUT2D eigenvalue weighted by molar-refractivity contribution is 5.78. The minimum absolute atomic E-state index is 0.0205. The van der Waals surface area contributed by atoms with Gasteiger partial charge in [0.05, 0.1) is 6.54 Å². The highest BCUT2D eigenvalue weighted by Crippen LogP contribution is 2.19. The highest BCUT2D eigenvalue weighted by atomic mass is 16.6. The van der Waals surface area contributed by atoms with E-state index in [0.29, 0.717) is 25.6 Å². The van der Waals surface area contributed by atoms with Gasteiger partial charge in [-0.1, -0.05) is 0 Å². The Morgan fingerprint density at radius 1 is 1.40 bits per heavy atom. The maximum atomic E-state index is 12.1. The lowest BCUT2D eigenvalue weighted by molar-refractivity contribution is -0.128. The third-order valence-corrected chi connectivity index (χ3v) is 3.33. The van der Waals surface area contributed by atoms with E-state index in [0.717, 1.165) is 13.0 Å². The van der Waals surface area contributed by atoms with Crippen LogP contribution in [0, 0.1) is 5.92 Å². The van der Waals surface area contributed by atoms with Crippen LogP contribution in [0.4, 0.5) is 4.79 Å². The first-order chi connectivity index (χ1) is 9.26. The predicted octanol–water partition coefficient (Wildman–Crippen LogP) is 1.05. The lowest BCUT2D eigenvalue weighted by Gasteiger charge is -2.28. The monoisotopic (exact) mass is 285 g/mol. The second-order valence-corrected chi connectivity index (χ2v) is 6.22. The van der Waals surface area contributed by atoms with E-state index >= 15 is 0 Å². The van der Waals surface area contributed by atoms with Crippen LogP contribution in [0.5, 0.6) is 0 Å². The molecule has 116 valence electrons. The molecule has 1 fully saturated rings. The number of carbonyl (C=O) groups is 2. The quantitative estimate of drug-likeness (QED) is 0.837. The molecule has 0 bridgehead atoms. The molecule has 1 heterocycles. The average molecular weight is 285 g/mol. The molecule has 20 heavy (non-hydrogen) atoms. The minimum atomic E-state index is -0.484. The number of nitrogens with zero attached hydrogens (tertiary/aromatic N) is 2. The van der Waals surface area contributed by atoms with Gasteiger partial charge in [0.25, 0.3) is 0 Å². The zero-order chi connectivity index (χ0) is 15.3. The zero-order valence-corrected chi connectivity index (χ0v) is 13.0. The summed E-state index contributed by atoms with van der Waals surface area (Å²) in [5.41, 5.74) is 4.88. The number of hydrogen-bond donors (Lipinski definition) is 1. The van der Waals surface area contributed by atoms with Crippen LogP contribution in [0.2, 0.25) is 0 Å². The van der Waals surface area contributed by atoms with E-state index in [4.69, 9.17) is 10.5 Å². The standard InChI is InChI=1S/C14H27N3O3/c1-5-16(13(19)20-14(2,3)4)9-11-6-7-17(10-11)12(18)8-15/h11H,5-10,15H2,1-4H3/t11-/m1/s1. The van der Waals surface area contributed by atoms with Crippen molar-refractivity contribution in [1.29, 1.82) is 0 Å². The Labute approximate surface area is 121 Å². The van der Waals surface area contributed by atoms with Crippen molar-refractivity contribution in [2.75, 3.05) is 32.7 Å². The smallest absolute Gasteiger partial charge is 0.410 e. The molecule has 1 aliphatic heterocycles. The summed E-state index contributed by atoms with van der Waals surface area (Å²) < 4.78 is 5.38. The second-order valence-electron chi connectivity index (χ2n) is 6.22. The molecule has 6 heteroatoms. The largest absolute Gasteiger partial charge is 0.444 e. The van der Waals surface area contributed by atoms with Crippen LogP contribution in [0.3, 0.4) is 0 Å². The molecule has 1 atom stereocenters. The van der Waals surface area contributed by atoms with Gasteiger partial charge in [0, 0.05) is 26.2 Å². The van der Waals surface area contributed by atoms with Crippen molar-refractivity contribution in [2.45, 2.75) is 39.7 Å². The average Bonchev–Trinajstić information content (AvgIpc) is 2.81. The van der Waals surface area contributed by atoms with Crippen LogP contribution in [0.15, 0.2) is 0 Å². The third kappa shape index (κ3) is 5.00. The van der Waals surface area contributed by atoms with E-state index in [1.807, 2.05) is 27.7 Å². The molecule has 2 N–H and O–H groups in total. The molecule has 0 aromatic carbocycles. The van der Waals surface area contributed by atoms with E-state index in [9.17, 15) is 9.59 Å². The number of carbonyl (C=O) groups excluding carboxylic acids is 2. The number of nitrogens with two attached hydrogens (primary N) is 1. The van der Waals surface area contributed by atoms with Gasteiger partial charge >= 0.3 is 6.09 Å². The first-order valence-electron chi connectivity index (χ1n) is 7.22. The molecule has 0 saturated carbocycles. The first-order valence-corrected chi connectivity index (χ1v) is 7.22. The normalized spacial score (nSPS) is 19.1. The van der Waals surface area contributed by atoms with Gasteiger partial charge in [-0.2, -0.15) is 0 Å². The molecule has 1 aliphatic rings. The van der Waals surface area contributed by atoms with Gasteiger partial charge in [0.15, 0.2) is 0 Å². The highest BCUT2D eigenvalue weighted by Gasteiger charge is 2.29. The molecule has 1 saturated heterocycles. The fourth-order valence-electron chi connectivity index (χ4n) is 2.31. The summed E-state index contributed by atoms with van der Waals surface area (Å²) >= 11 is 0. The Bertz CT molecular complexity index is 352. The molecular formula is C14H27N3O3. The van der Waals surface area contributed by atoms with Gasteiger partial charge in [-0.25, -0.2) is 4.79 Å². The van der Waals surface area contributed by atoms with Crippen molar-refractivity contribution in [3.05, 3.63) is 0 Å². The van der Waals surface area contributed by atoms with Crippen LogP contribution >= 0.6 is 0 Å².